The molecule has 3 nitrogen and oxygen atoms in total. The number of thioether (sulfide) groups is 1. The highest BCUT2D eigenvalue weighted by Gasteiger charge is 2.09. The lowest BCUT2D eigenvalue weighted by molar-refractivity contribution is 0.937. The molecule has 0 bridgehead atoms. The Morgan fingerprint density at radius 2 is 2.11 bits per heavy atom. The van der Waals surface area contributed by atoms with E-state index in [4.69, 9.17) is 5.73 Å². The van der Waals surface area contributed by atoms with Gasteiger partial charge in [-0.3, -0.25) is 0 Å². The van der Waals surface area contributed by atoms with Crippen LogP contribution in [0.25, 0.3) is 0 Å². The molecule has 0 saturated heterocycles. The molecule has 96 valence electrons. The molecule has 2 rings (SSSR count). The first kappa shape index (κ1) is 14.3. The first-order valence-electron chi connectivity index (χ1n) is 5.26. The first-order chi connectivity index (χ1) is 8.72. The normalized spacial score (nSPS) is 10.8. The molecule has 1 heterocycles. The summed E-state index contributed by atoms with van der Waals surface area (Å²) in [6.07, 6.45) is 2.88. The van der Waals surface area contributed by atoms with E-state index in [0.717, 1.165) is 19.6 Å². The Balaban J connectivity index is 2.22. The second-order valence-electron chi connectivity index (χ2n) is 3.43. The van der Waals surface area contributed by atoms with Crippen molar-refractivity contribution in [3.63, 3.8) is 0 Å². The molecule has 2 aromatic rings. The molecule has 7 heteroatoms. The van der Waals surface area contributed by atoms with Crippen molar-refractivity contribution in [2.45, 2.75) is 20.0 Å². The van der Waals surface area contributed by atoms with Crippen LogP contribution in [0.3, 0.4) is 0 Å². The highest BCUT2D eigenvalue weighted by Crippen LogP contribution is 2.35. The van der Waals surface area contributed by atoms with Crippen molar-refractivity contribution < 1.29 is 0 Å². The van der Waals surface area contributed by atoms with Crippen molar-refractivity contribution in [1.29, 1.82) is 0 Å². The lowest BCUT2D eigenvalue weighted by atomic mass is 10.1. The minimum atomic E-state index is 0.649. The summed E-state index contributed by atoms with van der Waals surface area (Å²) in [5.41, 5.74) is 6.89. The number of nitrogens with two attached hydrogens (primary N) is 1. The number of hydrogen-bond donors (Lipinski definition) is 1. The maximum atomic E-state index is 5.65. The highest BCUT2D eigenvalue weighted by molar-refractivity contribution is 9.10. The number of benzene rings is 1. The molecular weight excluding hydrogens is 350 g/mol. The quantitative estimate of drug-likeness (QED) is 0.823. The van der Waals surface area contributed by atoms with Crippen LogP contribution >= 0.6 is 50.8 Å². The summed E-state index contributed by atoms with van der Waals surface area (Å²) in [7, 11) is 0. The van der Waals surface area contributed by atoms with Gasteiger partial charge in [-0.2, -0.15) is 0 Å². The predicted octanol–water partition coefficient (Wildman–Crippen LogP) is 3.67. The second kappa shape index (κ2) is 6.91. The van der Waals surface area contributed by atoms with Crippen LogP contribution < -0.4 is 5.73 Å². The second-order valence-corrected chi connectivity index (χ2v) is 7.67. The van der Waals surface area contributed by atoms with E-state index in [9.17, 15) is 0 Å². The van der Waals surface area contributed by atoms with Gasteiger partial charge in [0.1, 0.15) is 0 Å². The van der Waals surface area contributed by atoms with Gasteiger partial charge in [-0.05, 0) is 43.0 Å². The molecule has 0 saturated carbocycles. The molecule has 0 atom stereocenters. The Labute approximate surface area is 127 Å². The maximum absolute atomic E-state index is 5.65. The number of aromatic nitrogens is 2. The third-order valence-corrected chi connectivity index (χ3v) is 5.76. The van der Waals surface area contributed by atoms with Gasteiger partial charge in [0.25, 0.3) is 0 Å². The monoisotopic (exact) mass is 361 g/mol. The zero-order valence-corrected chi connectivity index (χ0v) is 13.8. The van der Waals surface area contributed by atoms with Crippen molar-refractivity contribution in [2.75, 3.05) is 12.8 Å². The number of rotatable bonds is 5. The average molecular weight is 362 g/mol. The Kier molecular flexibility index (Phi) is 5.50. The Morgan fingerprint density at radius 3 is 2.78 bits per heavy atom. The SMILES string of the molecule is CSc1nnc(Sc2ccc(Br)cc2CCN)s1. The van der Waals surface area contributed by atoms with E-state index in [1.165, 1.54) is 10.5 Å². The van der Waals surface area contributed by atoms with Crippen LogP contribution in [0.4, 0.5) is 0 Å². The third kappa shape index (κ3) is 3.71. The molecule has 1 aromatic carbocycles. The molecule has 2 N–H and O–H groups in total. The largest absolute Gasteiger partial charge is 0.330 e. The van der Waals surface area contributed by atoms with E-state index >= 15 is 0 Å². The zero-order chi connectivity index (χ0) is 13.0. The molecule has 0 unspecified atom stereocenters. The molecule has 0 aliphatic heterocycles. The van der Waals surface area contributed by atoms with E-state index in [1.807, 2.05) is 12.3 Å². The summed E-state index contributed by atoms with van der Waals surface area (Å²) in [6.45, 7) is 0.649. The van der Waals surface area contributed by atoms with Crippen molar-refractivity contribution in [1.82, 2.24) is 10.2 Å². The molecule has 0 radical (unpaired) electrons. The zero-order valence-electron chi connectivity index (χ0n) is 9.72. The number of nitrogens with zero attached hydrogens (tertiary/aromatic N) is 2. The summed E-state index contributed by atoms with van der Waals surface area (Å²) in [6, 6.07) is 6.25. The van der Waals surface area contributed by atoms with Crippen molar-refractivity contribution in [2.24, 2.45) is 5.73 Å². The summed E-state index contributed by atoms with van der Waals surface area (Å²) < 4.78 is 3.05. The Hall–Kier alpha value is -0.0800. The third-order valence-electron chi connectivity index (χ3n) is 2.20. The molecule has 0 fully saturated rings. The minimum absolute atomic E-state index is 0.649. The van der Waals surface area contributed by atoms with Crippen molar-refractivity contribution >= 4 is 50.8 Å². The maximum Gasteiger partial charge on any atom is 0.179 e. The first-order valence-corrected chi connectivity index (χ1v) is 8.92. The molecule has 18 heavy (non-hydrogen) atoms. The van der Waals surface area contributed by atoms with Gasteiger partial charge in [-0.25, -0.2) is 0 Å². The van der Waals surface area contributed by atoms with E-state index < -0.39 is 0 Å². The van der Waals surface area contributed by atoms with Gasteiger partial charge in [-0.15, -0.1) is 10.2 Å². The fourth-order valence-electron chi connectivity index (χ4n) is 1.41. The topological polar surface area (TPSA) is 51.8 Å². The van der Waals surface area contributed by atoms with Gasteiger partial charge in [0.15, 0.2) is 8.68 Å². The Bertz CT molecular complexity index is 530. The number of hydrogen-bond acceptors (Lipinski definition) is 6. The molecule has 0 spiro atoms. The van der Waals surface area contributed by atoms with Gasteiger partial charge in [-0.1, -0.05) is 50.8 Å². The standard InChI is InChI=1S/C11H12BrN3S3/c1-16-10-14-15-11(18-10)17-9-3-2-8(12)6-7(9)4-5-13/h2-3,6H,4-5,13H2,1H3. The van der Waals surface area contributed by atoms with Crippen LogP contribution in [0, 0.1) is 0 Å². The van der Waals surface area contributed by atoms with Crippen LogP contribution in [0.5, 0.6) is 0 Å². The van der Waals surface area contributed by atoms with Crippen LogP contribution in [-0.4, -0.2) is 23.0 Å². The summed E-state index contributed by atoms with van der Waals surface area (Å²) in [5, 5.41) is 8.27. The van der Waals surface area contributed by atoms with E-state index in [-0.39, 0.29) is 0 Å². The summed E-state index contributed by atoms with van der Waals surface area (Å²) >= 11 is 8.38. The van der Waals surface area contributed by atoms with Gasteiger partial charge >= 0.3 is 0 Å². The van der Waals surface area contributed by atoms with E-state index in [0.29, 0.717) is 6.54 Å². The van der Waals surface area contributed by atoms with E-state index in [1.54, 1.807) is 34.9 Å². The van der Waals surface area contributed by atoms with Gasteiger partial charge in [0.05, 0.1) is 0 Å². The molecular formula is C11H12BrN3S3. The summed E-state index contributed by atoms with van der Waals surface area (Å²) in [4.78, 5) is 1.20. The van der Waals surface area contributed by atoms with Gasteiger partial charge < -0.3 is 5.73 Å². The molecule has 0 aliphatic carbocycles. The number of halogens is 1. The van der Waals surface area contributed by atoms with Crippen molar-refractivity contribution in [3.8, 4) is 0 Å². The fourth-order valence-corrected chi connectivity index (χ4v) is 4.36. The molecule has 0 amide bonds. The predicted molar refractivity (Wildman–Crippen MR) is 82.7 cm³/mol. The molecule has 1 aromatic heterocycles. The van der Waals surface area contributed by atoms with Gasteiger partial charge in [0, 0.05) is 9.37 Å². The van der Waals surface area contributed by atoms with Crippen LogP contribution in [-0.2, 0) is 6.42 Å². The average Bonchev–Trinajstić information content (AvgIpc) is 2.81. The summed E-state index contributed by atoms with van der Waals surface area (Å²) in [5.74, 6) is 0. The van der Waals surface area contributed by atoms with Crippen LogP contribution in [0.15, 0.2) is 36.2 Å². The van der Waals surface area contributed by atoms with E-state index in [2.05, 4.69) is 38.3 Å². The van der Waals surface area contributed by atoms with Crippen LogP contribution in [0.2, 0.25) is 0 Å². The van der Waals surface area contributed by atoms with Crippen LogP contribution in [0.1, 0.15) is 5.56 Å². The minimum Gasteiger partial charge on any atom is -0.330 e. The lowest BCUT2D eigenvalue weighted by Crippen LogP contribution is -2.03. The van der Waals surface area contributed by atoms with Gasteiger partial charge in [0.2, 0.25) is 0 Å². The smallest absolute Gasteiger partial charge is 0.179 e. The fraction of sp³-hybridized carbons (Fsp3) is 0.273. The highest BCUT2D eigenvalue weighted by atomic mass is 79.9. The van der Waals surface area contributed by atoms with Crippen molar-refractivity contribution in [3.05, 3.63) is 28.2 Å². The molecule has 0 aliphatic rings. The Morgan fingerprint density at radius 1 is 1.33 bits per heavy atom. The lowest BCUT2D eigenvalue weighted by Gasteiger charge is -2.06.